The van der Waals surface area contributed by atoms with Gasteiger partial charge in [0.25, 0.3) is 11.8 Å². The van der Waals surface area contributed by atoms with E-state index in [0.29, 0.717) is 33.8 Å². The van der Waals surface area contributed by atoms with Gasteiger partial charge in [-0.1, -0.05) is 37.0 Å². The van der Waals surface area contributed by atoms with Crippen LogP contribution in [0, 0.1) is 30.6 Å². The van der Waals surface area contributed by atoms with Gasteiger partial charge in [0.1, 0.15) is 18.2 Å². The van der Waals surface area contributed by atoms with E-state index in [9.17, 15) is 28.6 Å². The van der Waals surface area contributed by atoms with Gasteiger partial charge in [0.15, 0.2) is 6.29 Å². The Labute approximate surface area is 337 Å². The third-order valence-electron chi connectivity index (χ3n) is 7.34. The molecular formula is C36H36Cl2F2I2N4O6. The number of hydrogen-bond donors (Lipinski definition) is 6. The highest BCUT2D eigenvalue weighted by Gasteiger charge is 2.31. The lowest BCUT2D eigenvalue weighted by Gasteiger charge is -2.15. The minimum Gasteiger partial charge on any atom is -0.391 e. The van der Waals surface area contributed by atoms with Crippen LogP contribution in [-0.4, -0.2) is 41.0 Å². The fraction of sp³-hybridized carbons (Fsp3) is 0.278. The highest BCUT2D eigenvalue weighted by Crippen LogP contribution is 2.33. The van der Waals surface area contributed by atoms with Gasteiger partial charge in [-0.3, -0.25) is 14.4 Å². The van der Waals surface area contributed by atoms with Crippen molar-refractivity contribution in [3.05, 3.63) is 113 Å². The number of aliphatic hydroxyl groups is 2. The van der Waals surface area contributed by atoms with E-state index in [4.69, 9.17) is 32.9 Å². The second kappa shape index (κ2) is 20.0. The number of carbonyl (C=O) groups excluding carboxylic acids is 2. The summed E-state index contributed by atoms with van der Waals surface area (Å²) in [5, 5.41) is 26.3. The van der Waals surface area contributed by atoms with Gasteiger partial charge in [0.2, 0.25) is 0 Å². The van der Waals surface area contributed by atoms with E-state index in [1.54, 1.807) is 24.3 Å². The van der Waals surface area contributed by atoms with Crippen LogP contribution >= 0.6 is 68.4 Å². The Morgan fingerprint density at radius 1 is 0.769 bits per heavy atom. The number of carbonyl (C=O) groups is 2. The van der Waals surface area contributed by atoms with Gasteiger partial charge in [-0.05, 0) is 143 Å². The fourth-order valence-corrected chi connectivity index (χ4v) is 6.43. The molecule has 6 N–H and O–H groups in total. The van der Waals surface area contributed by atoms with Crippen LogP contribution in [0.4, 0.5) is 31.5 Å². The molecule has 4 aromatic carbocycles. The summed E-state index contributed by atoms with van der Waals surface area (Å²) in [4.78, 5) is 34.8. The molecule has 0 bridgehead atoms. The zero-order chi connectivity index (χ0) is 37.9. The van der Waals surface area contributed by atoms with Crippen LogP contribution in [0.2, 0.25) is 10.0 Å². The van der Waals surface area contributed by atoms with E-state index < -0.39 is 35.8 Å². The van der Waals surface area contributed by atoms with E-state index in [0.717, 1.165) is 20.0 Å². The van der Waals surface area contributed by atoms with Crippen molar-refractivity contribution in [1.29, 1.82) is 0 Å². The van der Waals surface area contributed by atoms with Crippen molar-refractivity contribution in [2.24, 2.45) is 11.8 Å². The average Bonchev–Trinajstić information content (AvgIpc) is 3.92. The zero-order valence-corrected chi connectivity index (χ0v) is 33.7. The van der Waals surface area contributed by atoms with E-state index in [-0.39, 0.29) is 35.0 Å². The van der Waals surface area contributed by atoms with E-state index in [2.05, 4.69) is 66.8 Å². The van der Waals surface area contributed by atoms with Crippen molar-refractivity contribution in [1.82, 2.24) is 11.0 Å². The van der Waals surface area contributed by atoms with Crippen LogP contribution in [0.1, 0.15) is 53.8 Å². The molecule has 16 heteroatoms. The number of anilines is 4. The smallest absolute Gasteiger partial charge is 0.277 e. The van der Waals surface area contributed by atoms with Crippen LogP contribution in [0.3, 0.4) is 0 Å². The van der Waals surface area contributed by atoms with Crippen molar-refractivity contribution in [3.8, 4) is 0 Å². The van der Waals surface area contributed by atoms with Crippen LogP contribution in [0.5, 0.6) is 0 Å². The number of amides is 2. The van der Waals surface area contributed by atoms with Crippen molar-refractivity contribution >= 4 is 103 Å². The van der Waals surface area contributed by atoms with Crippen LogP contribution < -0.4 is 21.6 Å². The molecule has 0 saturated heterocycles. The van der Waals surface area contributed by atoms with Crippen LogP contribution in [0.15, 0.2) is 72.8 Å². The summed E-state index contributed by atoms with van der Waals surface area (Å²) in [5.41, 5.74) is 6.41. The minimum absolute atomic E-state index is 0.0309. The van der Waals surface area contributed by atoms with Gasteiger partial charge >= 0.3 is 0 Å². The summed E-state index contributed by atoms with van der Waals surface area (Å²) in [5.74, 6) is -1.79. The molecule has 0 spiro atoms. The van der Waals surface area contributed by atoms with Crippen molar-refractivity contribution in [2.75, 3.05) is 17.2 Å². The highest BCUT2D eigenvalue weighted by atomic mass is 127. The lowest BCUT2D eigenvalue weighted by molar-refractivity contribution is -0.145. The molecule has 5 rings (SSSR count). The second-order valence-corrected chi connectivity index (χ2v) is 15.5. The molecular weight excluding hydrogens is 947 g/mol. The normalized spacial score (nSPS) is 13.4. The number of halogens is 6. The van der Waals surface area contributed by atoms with Gasteiger partial charge in [-0.15, -0.1) is 0 Å². The first-order valence-electron chi connectivity index (χ1n) is 16.0. The topological polar surface area (TPSA) is 141 Å². The predicted molar refractivity (Wildman–Crippen MR) is 214 cm³/mol. The summed E-state index contributed by atoms with van der Waals surface area (Å²) in [6, 6.07) is 18.1. The molecule has 1 aliphatic carbocycles. The molecule has 1 aliphatic rings. The maximum atomic E-state index is 13.7. The summed E-state index contributed by atoms with van der Waals surface area (Å²) < 4.78 is 29.2. The van der Waals surface area contributed by atoms with Crippen molar-refractivity contribution in [2.45, 2.75) is 45.5 Å². The maximum Gasteiger partial charge on any atom is 0.277 e. The van der Waals surface area contributed by atoms with Crippen molar-refractivity contribution in [3.63, 3.8) is 0 Å². The highest BCUT2D eigenvalue weighted by molar-refractivity contribution is 14.1. The van der Waals surface area contributed by atoms with Gasteiger partial charge < -0.3 is 20.8 Å². The predicted octanol–water partition coefficient (Wildman–Crippen LogP) is 9.11. The lowest BCUT2D eigenvalue weighted by atomic mass is 10.1. The first-order valence-corrected chi connectivity index (χ1v) is 18.9. The number of aliphatic hydroxyl groups excluding tert-OH is 2. The molecule has 278 valence electrons. The number of hydrogen-bond acceptors (Lipinski definition) is 8. The van der Waals surface area contributed by atoms with Crippen LogP contribution in [-0.2, 0) is 9.68 Å². The minimum atomic E-state index is -1.04. The average molecular weight is 983 g/mol. The van der Waals surface area contributed by atoms with Gasteiger partial charge in [0, 0.05) is 13.1 Å². The largest absolute Gasteiger partial charge is 0.391 e. The zero-order valence-electron chi connectivity index (χ0n) is 27.9. The molecule has 4 aromatic rings. The third-order valence-corrected chi connectivity index (χ3v) is 9.30. The SMILES string of the molecule is CC(C)CC(O)CONC(=O)c1ccc(F)cc1Nc1ccc(I)cc1Cl.O=C(NOC(O)C1CC1)c1ccc(F)cc1Nc1ccc(I)cc1Cl. The number of benzene rings is 4. The summed E-state index contributed by atoms with van der Waals surface area (Å²) in [6.45, 7) is 3.93. The Kier molecular flexibility index (Phi) is 16.1. The van der Waals surface area contributed by atoms with Gasteiger partial charge in [-0.2, -0.15) is 0 Å². The molecule has 2 atom stereocenters. The van der Waals surface area contributed by atoms with E-state index >= 15 is 0 Å². The second-order valence-electron chi connectivity index (χ2n) is 12.2. The summed E-state index contributed by atoms with van der Waals surface area (Å²) in [6.07, 6.45) is 0.579. The molecule has 10 nitrogen and oxygen atoms in total. The van der Waals surface area contributed by atoms with E-state index in [1.807, 2.05) is 26.0 Å². The van der Waals surface area contributed by atoms with Gasteiger partial charge in [0.05, 0.1) is 50.0 Å². The standard InChI is InChI=1S/C19H21ClFIN2O3.C17H15ClFIN2O3/c1-11(2)7-14(25)10-27-24-19(26)15-5-3-12(21)8-18(15)23-17-6-4-13(22)9-16(17)20;18-13-8-11(20)4-6-14(13)21-15-7-10(19)3-5-12(15)16(23)22-25-17(24)9-1-2-9/h3-6,8-9,11,14,23,25H,7,10H2,1-2H3,(H,24,26);3-9,17,21,24H,1-2H2,(H,22,23). The summed E-state index contributed by atoms with van der Waals surface area (Å²) in [7, 11) is 0. The first-order chi connectivity index (χ1) is 24.7. The Bertz CT molecular complexity index is 1870. The molecule has 52 heavy (non-hydrogen) atoms. The molecule has 1 saturated carbocycles. The molecule has 1 fully saturated rings. The molecule has 2 unspecified atom stereocenters. The Balaban J connectivity index is 0.000000233. The molecule has 0 heterocycles. The maximum absolute atomic E-state index is 13.7. The number of nitrogens with one attached hydrogen (secondary N) is 4. The quantitative estimate of drug-likeness (QED) is 0.0418. The van der Waals surface area contributed by atoms with Crippen LogP contribution in [0.25, 0.3) is 0 Å². The Morgan fingerprint density at radius 3 is 1.69 bits per heavy atom. The first kappa shape index (κ1) is 41.9. The Morgan fingerprint density at radius 2 is 1.25 bits per heavy atom. The number of hydroxylamine groups is 2. The fourth-order valence-electron chi connectivity index (χ4n) is 4.62. The molecule has 0 radical (unpaired) electrons. The third kappa shape index (κ3) is 13.2. The number of rotatable bonds is 14. The van der Waals surface area contributed by atoms with Gasteiger partial charge in [-0.25, -0.2) is 24.6 Å². The lowest BCUT2D eigenvalue weighted by Crippen LogP contribution is -2.31. The summed E-state index contributed by atoms with van der Waals surface area (Å²) >= 11 is 16.6. The Hall–Kier alpha value is -2.84. The monoisotopic (exact) mass is 982 g/mol. The van der Waals surface area contributed by atoms with E-state index in [1.165, 1.54) is 36.4 Å². The van der Waals surface area contributed by atoms with Crippen molar-refractivity contribution < 1.29 is 38.3 Å². The molecule has 0 aliphatic heterocycles. The molecule has 2 amide bonds. The molecule has 0 aromatic heterocycles.